The molecule has 0 saturated heterocycles. The third-order valence-electron chi connectivity index (χ3n) is 3.65. The monoisotopic (exact) mass is 203 g/mol. The molecule has 0 radical (unpaired) electrons. The van der Waals surface area contributed by atoms with Crippen LogP contribution in [0.5, 0.6) is 0 Å². The van der Waals surface area contributed by atoms with Crippen LogP contribution in [0.4, 0.5) is 0 Å². The van der Waals surface area contributed by atoms with E-state index in [1.165, 1.54) is 19.3 Å². The summed E-state index contributed by atoms with van der Waals surface area (Å²) in [6.07, 6.45) is 16.4. The summed E-state index contributed by atoms with van der Waals surface area (Å²) in [6.45, 7) is 6.10. The molecule has 2 rings (SSSR count). The van der Waals surface area contributed by atoms with E-state index in [4.69, 9.17) is 0 Å². The lowest BCUT2D eigenvalue weighted by atomic mass is 9.96. The topological polar surface area (TPSA) is 3.24 Å². The summed E-state index contributed by atoms with van der Waals surface area (Å²) in [5.74, 6) is 1.64. The Kier molecular flexibility index (Phi) is 3.30. The molecule has 0 aromatic heterocycles. The first-order chi connectivity index (χ1) is 7.35. The third kappa shape index (κ3) is 2.17. The first-order valence-corrected chi connectivity index (χ1v) is 6.10. The SMILES string of the molecule is C=CN1C=CC2CCC(C2)C1C=CCC. The summed E-state index contributed by atoms with van der Waals surface area (Å²) in [4.78, 5) is 2.27. The van der Waals surface area contributed by atoms with Gasteiger partial charge < -0.3 is 4.90 Å². The minimum atomic E-state index is 0.547. The number of hydrogen-bond acceptors (Lipinski definition) is 1. The van der Waals surface area contributed by atoms with Crippen molar-refractivity contribution in [2.45, 2.75) is 38.6 Å². The molecule has 1 heterocycles. The predicted molar refractivity (Wildman–Crippen MR) is 65.2 cm³/mol. The van der Waals surface area contributed by atoms with Crippen LogP contribution >= 0.6 is 0 Å². The molecule has 2 aliphatic rings. The molecule has 0 N–H and O–H groups in total. The van der Waals surface area contributed by atoms with Crippen LogP contribution in [-0.4, -0.2) is 10.9 Å². The van der Waals surface area contributed by atoms with Gasteiger partial charge in [0.25, 0.3) is 0 Å². The van der Waals surface area contributed by atoms with Crippen molar-refractivity contribution in [1.29, 1.82) is 0 Å². The van der Waals surface area contributed by atoms with Gasteiger partial charge in [-0.25, -0.2) is 0 Å². The van der Waals surface area contributed by atoms with Gasteiger partial charge in [0, 0.05) is 6.20 Å². The van der Waals surface area contributed by atoms with Gasteiger partial charge >= 0.3 is 0 Å². The van der Waals surface area contributed by atoms with Crippen LogP contribution in [0.15, 0.2) is 37.2 Å². The Bertz CT molecular complexity index is 277. The zero-order valence-electron chi connectivity index (χ0n) is 9.60. The highest BCUT2D eigenvalue weighted by molar-refractivity contribution is 5.10. The van der Waals surface area contributed by atoms with E-state index in [1.54, 1.807) is 0 Å². The summed E-state index contributed by atoms with van der Waals surface area (Å²) in [5, 5.41) is 0. The summed E-state index contributed by atoms with van der Waals surface area (Å²) < 4.78 is 0. The van der Waals surface area contributed by atoms with E-state index in [0.29, 0.717) is 6.04 Å². The number of fused-ring (bicyclic) bond motifs is 2. The zero-order chi connectivity index (χ0) is 10.7. The standard InChI is InChI=1S/C14H21N/c1-3-5-6-14-13-8-7-12(11-13)9-10-15(14)4-2/h4-6,9-10,12-14H,2-3,7-8,11H2,1H3. The lowest BCUT2D eigenvalue weighted by molar-refractivity contribution is 0.315. The molecule has 1 nitrogen and oxygen atoms in total. The van der Waals surface area contributed by atoms with Crippen LogP contribution in [0.2, 0.25) is 0 Å². The van der Waals surface area contributed by atoms with E-state index < -0.39 is 0 Å². The minimum absolute atomic E-state index is 0.547. The van der Waals surface area contributed by atoms with Gasteiger partial charge in [0.05, 0.1) is 6.04 Å². The van der Waals surface area contributed by atoms with Crippen LogP contribution in [0, 0.1) is 11.8 Å². The van der Waals surface area contributed by atoms with Gasteiger partial charge in [-0.3, -0.25) is 0 Å². The van der Waals surface area contributed by atoms with Crippen LogP contribution < -0.4 is 0 Å². The molecule has 0 aromatic rings. The fraction of sp³-hybridized carbons (Fsp3) is 0.571. The highest BCUT2D eigenvalue weighted by Crippen LogP contribution is 2.38. The maximum absolute atomic E-state index is 3.91. The van der Waals surface area contributed by atoms with E-state index in [9.17, 15) is 0 Å². The Morgan fingerprint density at radius 1 is 1.47 bits per heavy atom. The van der Waals surface area contributed by atoms with Crippen molar-refractivity contribution in [1.82, 2.24) is 4.90 Å². The molecule has 3 unspecified atom stereocenters. The van der Waals surface area contributed by atoms with Crippen molar-refractivity contribution in [2.75, 3.05) is 0 Å². The molecule has 1 aliphatic carbocycles. The molecule has 1 aliphatic heterocycles. The lowest BCUT2D eigenvalue weighted by Crippen LogP contribution is -2.30. The summed E-state index contributed by atoms with van der Waals surface area (Å²) in [6, 6.07) is 0.547. The maximum Gasteiger partial charge on any atom is 0.0538 e. The van der Waals surface area contributed by atoms with Crippen molar-refractivity contribution in [3.63, 3.8) is 0 Å². The smallest absolute Gasteiger partial charge is 0.0538 e. The number of rotatable bonds is 3. The molecule has 1 saturated carbocycles. The average Bonchev–Trinajstić information content (AvgIpc) is 2.62. The van der Waals surface area contributed by atoms with E-state index in [0.717, 1.165) is 18.3 Å². The Labute approximate surface area is 93.2 Å². The van der Waals surface area contributed by atoms with Crippen LogP contribution in [-0.2, 0) is 0 Å². The van der Waals surface area contributed by atoms with E-state index in [1.807, 2.05) is 6.20 Å². The summed E-state index contributed by atoms with van der Waals surface area (Å²) >= 11 is 0. The highest BCUT2D eigenvalue weighted by Gasteiger charge is 2.32. The largest absolute Gasteiger partial charge is 0.348 e. The second kappa shape index (κ2) is 4.69. The maximum atomic E-state index is 3.91. The van der Waals surface area contributed by atoms with Gasteiger partial charge in [0.2, 0.25) is 0 Å². The number of nitrogens with zero attached hydrogens (tertiary/aromatic N) is 1. The molecular weight excluding hydrogens is 182 g/mol. The molecule has 1 heteroatoms. The second-order valence-electron chi connectivity index (χ2n) is 4.63. The van der Waals surface area contributed by atoms with E-state index in [-0.39, 0.29) is 0 Å². The zero-order valence-corrected chi connectivity index (χ0v) is 9.60. The highest BCUT2D eigenvalue weighted by atomic mass is 15.1. The van der Waals surface area contributed by atoms with Gasteiger partial charge in [-0.05, 0) is 43.7 Å². The van der Waals surface area contributed by atoms with Gasteiger partial charge in [0.15, 0.2) is 0 Å². The summed E-state index contributed by atoms with van der Waals surface area (Å²) in [7, 11) is 0. The minimum Gasteiger partial charge on any atom is -0.348 e. The molecule has 15 heavy (non-hydrogen) atoms. The van der Waals surface area contributed by atoms with Crippen LogP contribution in [0.25, 0.3) is 0 Å². The van der Waals surface area contributed by atoms with Crippen molar-refractivity contribution >= 4 is 0 Å². The van der Waals surface area contributed by atoms with Crippen molar-refractivity contribution < 1.29 is 0 Å². The number of allylic oxidation sites excluding steroid dienone is 2. The average molecular weight is 203 g/mol. The quantitative estimate of drug-likeness (QED) is 0.632. The molecular formula is C14H21N. The Morgan fingerprint density at radius 3 is 3.07 bits per heavy atom. The molecule has 2 bridgehead atoms. The Balaban J connectivity index is 2.18. The lowest BCUT2D eigenvalue weighted by Gasteiger charge is -2.29. The second-order valence-corrected chi connectivity index (χ2v) is 4.63. The molecule has 1 fully saturated rings. The van der Waals surface area contributed by atoms with Crippen LogP contribution in [0.3, 0.4) is 0 Å². The Hall–Kier alpha value is -0.980. The molecule has 0 spiro atoms. The van der Waals surface area contributed by atoms with Crippen LogP contribution in [0.1, 0.15) is 32.6 Å². The number of hydrogen-bond donors (Lipinski definition) is 0. The van der Waals surface area contributed by atoms with Gasteiger partial charge in [-0.15, -0.1) is 0 Å². The fourth-order valence-electron chi connectivity index (χ4n) is 2.82. The fourth-order valence-corrected chi connectivity index (χ4v) is 2.82. The Morgan fingerprint density at radius 2 is 2.33 bits per heavy atom. The molecule has 0 amide bonds. The molecule has 82 valence electrons. The molecule has 3 atom stereocenters. The first-order valence-electron chi connectivity index (χ1n) is 6.10. The normalized spacial score (nSPS) is 34.7. The van der Waals surface area contributed by atoms with Gasteiger partial charge in [0.1, 0.15) is 0 Å². The van der Waals surface area contributed by atoms with E-state index >= 15 is 0 Å². The van der Waals surface area contributed by atoms with E-state index in [2.05, 4.69) is 42.8 Å². The third-order valence-corrected chi connectivity index (χ3v) is 3.65. The van der Waals surface area contributed by atoms with Gasteiger partial charge in [-0.2, -0.15) is 0 Å². The van der Waals surface area contributed by atoms with Crippen molar-refractivity contribution in [3.05, 3.63) is 37.2 Å². The van der Waals surface area contributed by atoms with Crippen molar-refractivity contribution in [3.8, 4) is 0 Å². The van der Waals surface area contributed by atoms with Gasteiger partial charge in [-0.1, -0.05) is 31.7 Å². The summed E-state index contributed by atoms with van der Waals surface area (Å²) in [5.41, 5.74) is 0. The molecule has 0 aromatic carbocycles. The predicted octanol–water partition coefficient (Wildman–Crippen LogP) is 3.71. The first kappa shape index (κ1) is 10.5. The van der Waals surface area contributed by atoms with Crippen molar-refractivity contribution in [2.24, 2.45) is 11.8 Å².